The van der Waals surface area contributed by atoms with Crippen LogP contribution in [-0.2, 0) is 12.5 Å². The molecule has 220 valence electrons. The fraction of sp³-hybridized carbons (Fsp3) is 0.176. The van der Waals surface area contributed by atoms with Crippen LogP contribution in [0.2, 0.25) is 0 Å². The lowest BCUT2D eigenvalue weighted by atomic mass is 10.0. The topological polar surface area (TPSA) is 9.23 Å². The Morgan fingerprint density at radius 1 is 0.605 bits per heavy atom. The Hall–Kier alpha value is -4.76. The summed E-state index contributed by atoms with van der Waals surface area (Å²) in [7, 11) is 0. The predicted molar refractivity (Wildman–Crippen MR) is 145 cm³/mol. The Labute approximate surface area is 243 Å². The molecule has 0 amide bonds. The van der Waals surface area contributed by atoms with Crippen molar-refractivity contribution in [2.45, 2.75) is 38.7 Å². The number of aryl methyl sites for hydroxylation is 1. The maximum atomic E-state index is 14.7. The highest BCUT2D eigenvalue weighted by Crippen LogP contribution is 2.34. The third-order valence-electron chi connectivity index (χ3n) is 6.24. The molecule has 4 aromatic carbocycles. The minimum absolute atomic E-state index is 0.113. The second-order valence-electron chi connectivity index (χ2n) is 9.48. The number of benzene rings is 4. The summed E-state index contributed by atoms with van der Waals surface area (Å²) >= 11 is 0. The molecule has 0 unspecified atom stereocenters. The van der Waals surface area contributed by atoms with Gasteiger partial charge in [-0.25, -0.2) is 26.3 Å². The number of hydrogen-bond acceptors (Lipinski definition) is 1. The Morgan fingerprint density at radius 2 is 1.21 bits per heavy atom. The number of alkyl halides is 2. The van der Waals surface area contributed by atoms with Gasteiger partial charge in [-0.05, 0) is 73.0 Å². The fourth-order valence-corrected chi connectivity index (χ4v) is 3.99. The normalized spacial score (nSPS) is 10.9. The van der Waals surface area contributed by atoms with Crippen molar-refractivity contribution in [3.8, 4) is 29.4 Å². The van der Waals surface area contributed by atoms with Gasteiger partial charge in [0.15, 0.2) is 17.5 Å². The highest BCUT2D eigenvalue weighted by atomic mass is 19.3. The zero-order valence-electron chi connectivity index (χ0n) is 22.6. The summed E-state index contributed by atoms with van der Waals surface area (Å²) in [6.07, 6.45) is -0.825. The predicted octanol–water partition coefficient (Wildman–Crippen LogP) is 9.18. The summed E-state index contributed by atoms with van der Waals surface area (Å²) in [5, 5.41) is 0. The van der Waals surface area contributed by atoms with Crippen molar-refractivity contribution < 1.29 is 39.9 Å². The van der Waals surface area contributed by atoms with Crippen molar-refractivity contribution in [3.05, 3.63) is 135 Å². The van der Waals surface area contributed by atoms with Crippen LogP contribution in [0.25, 0.3) is 0 Å². The molecule has 0 atom stereocenters. The molecule has 0 N–H and O–H groups in total. The molecule has 9 heteroatoms. The van der Waals surface area contributed by atoms with E-state index < -0.39 is 52.3 Å². The lowest BCUT2D eigenvalue weighted by Crippen LogP contribution is -2.23. The van der Waals surface area contributed by atoms with Gasteiger partial charge >= 0.3 is 6.11 Å². The van der Waals surface area contributed by atoms with Gasteiger partial charge in [0.1, 0.15) is 23.2 Å². The molecule has 0 saturated carbocycles. The van der Waals surface area contributed by atoms with Crippen molar-refractivity contribution in [3.63, 3.8) is 0 Å². The molecule has 0 radical (unpaired) electrons. The molecule has 0 aliphatic heterocycles. The van der Waals surface area contributed by atoms with Gasteiger partial charge in [0.25, 0.3) is 0 Å². The molecule has 0 aromatic heterocycles. The van der Waals surface area contributed by atoms with E-state index in [1.807, 2.05) is 6.92 Å². The van der Waals surface area contributed by atoms with E-state index in [9.17, 15) is 35.1 Å². The Kier molecular flexibility index (Phi) is 9.77. The Balaban J connectivity index is 1.46. The molecular weight excluding hydrogens is 576 g/mol. The van der Waals surface area contributed by atoms with Crippen LogP contribution in [0.5, 0.6) is 5.75 Å². The molecular formula is C34H22F8O. The third kappa shape index (κ3) is 7.96. The number of hydrogen-bond donors (Lipinski definition) is 0. The summed E-state index contributed by atoms with van der Waals surface area (Å²) in [4.78, 5) is 0. The number of halogens is 8. The van der Waals surface area contributed by atoms with Gasteiger partial charge in [-0.1, -0.05) is 49.5 Å². The van der Waals surface area contributed by atoms with E-state index in [2.05, 4.69) is 28.4 Å². The van der Waals surface area contributed by atoms with Crippen LogP contribution in [0.1, 0.15) is 59.6 Å². The summed E-state index contributed by atoms with van der Waals surface area (Å²) in [6.45, 7) is 2.01. The van der Waals surface area contributed by atoms with Crippen LogP contribution < -0.4 is 4.74 Å². The molecule has 0 fully saturated rings. The standard InChI is InChI=1S/C34H22F8O/c1-2-3-4-5-21-9-15-27(30(37)17-21)34(41,42)43-26-14-13-25(29(36)20-26)11-7-22-6-10-24(28(35)16-22)12-8-23-18-31(38)33(40)32(39)19-23/h6,9-10,13-20H,2-5H2,1H3. The number of unbranched alkanes of at least 4 members (excludes halogenated alkanes) is 2. The number of ether oxygens (including phenoxy) is 1. The molecule has 0 saturated heterocycles. The zero-order chi connectivity index (χ0) is 31.1. The van der Waals surface area contributed by atoms with E-state index in [0.717, 1.165) is 49.6 Å². The molecule has 4 aromatic rings. The van der Waals surface area contributed by atoms with Gasteiger partial charge in [0.2, 0.25) is 0 Å². The van der Waals surface area contributed by atoms with E-state index in [4.69, 9.17) is 0 Å². The first kappa shape index (κ1) is 31.2. The fourth-order valence-electron chi connectivity index (χ4n) is 3.99. The molecule has 0 aliphatic rings. The summed E-state index contributed by atoms with van der Waals surface area (Å²) in [6, 6.07) is 11.1. The minimum Gasteiger partial charge on any atom is -0.429 e. The van der Waals surface area contributed by atoms with Gasteiger partial charge in [-0.3, -0.25) is 0 Å². The molecule has 1 nitrogen and oxygen atoms in total. The zero-order valence-corrected chi connectivity index (χ0v) is 22.6. The van der Waals surface area contributed by atoms with E-state index in [1.165, 1.54) is 18.2 Å². The summed E-state index contributed by atoms with van der Waals surface area (Å²) in [5.74, 6) is 1.64. The van der Waals surface area contributed by atoms with Gasteiger partial charge in [-0.2, -0.15) is 8.78 Å². The lowest BCUT2D eigenvalue weighted by molar-refractivity contribution is -0.187. The van der Waals surface area contributed by atoms with Gasteiger partial charge in [-0.15, -0.1) is 0 Å². The van der Waals surface area contributed by atoms with Crippen LogP contribution in [0.3, 0.4) is 0 Å². The van der Waals surface area contributed by atoms with E-state index in [-0.39, 0.29) is 22.3 Å². The van der Waals surface area contributed by atoms with Crippen molar-refractivity contribution >= 4 is 0 Å². The molecule has 4 rings (SSSR count). The molecule has 0 bridgehead atoms. The second-order valence-corrected chi connectivity index (χ2v) is 9.48. The average molecular weight is 599 g/mol. The second kappa shape index (κ2) is 13.5. The van der Waals surface area contributed by atoms with Crippen LogP contribution in [-0.4, -0.2) is 0 Å². The van der Waals surface area contributed by atoms with Gasteiger partial charge < -0.3 is 4.74 Å². The van der Waals surface area contributed by atoms with E-state index in [1.54, 1.807) is 0 Å². The first-order valence-electron chi connectivity index (χ1n) is 13.1. The van der Waals surface area contributed by atoms with Crippen LogP contribution >= 0.6 is 0 Å². The number of rotatable bonds is 7. The largest absolute Gasteiger partial charge is 0.429 e. The smallest absolute Gasteiger partial charge is 0.429 e. The first-order chi connectivity index (χ1) is 20.5. The highest BCUT2D eigenvalue weighted by molar-refractivity contribution is 5.49. The summed E-state index contributed by atoms with van der Waals surface area (Å²) < 4.78 is 117. The van der Waals surface area contributed by atoms with Gasteiger partial charge in [0, 0.05) is 17.2 Å². The van der Waals surface area contributed by atoms with Crippen molar-refractivity contribution in [2.24, 2.45) is 0 Å². The highest BCUT2D eigenvalue weighted by Gasteiger charge is 2.37. The van der Waals surface area contributed by atoms with Crippen molar-refractivity contribution in [1.29, 1.82) is 0 Å². The maximum Gasteiger partial charge on any atom is 0.429 e. The average Bonchev–Trinajstić information content (AvgIpc) is 2.94. The Morgan fingerprint density at radius 3 is 1.81 bits per heavy atom. The first-order valence-corrected chi connectivity index (χ1v) is 13.1. The lowest BCUT2D eigenvalue weighted by Gasteiger charge is -2.19. The molecule has 0 spiro atoms. The van der Waals surface area contributed by atoms with Gasteiger partial charge in [0.05, 0.1) is 16.7 Å². The third-order valence-corrected chi connectivity index (χ3v) is 6.24. The quantitative estimate of drug-likeness (QED) is 0.0892. The minimum atomic E-state index is -4.08. The van der Waals surface area contributed by atoms with E-state index in [0.29, 0.717) is 30.2 Å². The maximum absolute atomic E-state index is 14.7. The molecule has 0 aliphatic carbocycles. The van der Waals surface area contributed by atoms with E-state index >= 15 is 0 Å². The molecule has 43 heavy (non-hydrogen) atoms. The van der Waals surface area contributed by atoms with Crippen LogP contribution in [0, 0.1) is 58.6 Å². The molecule has 0 heterocycles. The Bertz CT molecular complexity index is 1750. The van der Waals surface area contributed by atoms with Crippen molar-refractivity contribution in [1.82, 2.24) is 0 Å². The van der Waals surface area contributed by atoms with Crippen LogP contribution in [0.4, 0.5) is 35.1 Å². The van der Waals surface area contributed by atoms with Crippen molar-refractivity contribution in [2.75, 3.05) is 0 Å². The SMILES string of the molecule is CCCCCc1ccc(C(F)(F)Oc2ccc(C#Cc3ccc(C#Cc4cc(F)c(F)c(F)c4)c(F)c3)c(F)c2)c(F)c1. The summed E-state index contributed by atoms with van der Waals surface area (Å²) in [5.41, 5.74) is -0.846. The monoisotopic (exact) mass is 598 g/mol. The van der Waals surface area contributed by atoms with Crippen LogP contribution in [0.15, 0.2) is 66.7 Å².